The van der Waals surface area contributed by atoms with Crippen molar-refractivity contribution < 1.29 is 9.53 Å². The molecule has 0 heterocycles. The number of nitrogens with zero attached hydrogens (tertiary/aromatic N) is 1. The molecule has 1 amide bonds. The minimum absolute atomic E-state index is 0.0168. The van der Waals surface area contributed by atoms with Crippen LogP contribution in [-0.2, 0) is 4.79 Å². The van der Waals surface area contributed by atoms with E-state index in [1.54, 1.807) is 19.1 Å². The summed E-state index contributed by atoms with van der Waals surface area (Å²) in [5.41, 5.74) is 6.96. The highest BCUT2D eigenvalue weighted by atomic mass is 16.5. The number of methoxy groups -OCH3 is 1. The van der Waals surface area contributed by atoms with Crippen molar-refractivity contribution in [2.75, 3.05) is 14.2 Å². The fraction of sp³-hybridized carbons (Fsp3) is 0.562. The van der Waals surface area contributed by atoms with Gasteiger partial charge in [0, 0.05) is 12.6 Å². The average molecular weight is 278 g/mol. The van der Waals surface area contributed by atoms with Crippen LogP contribution in [0.25, 0.3) is 0 Å². The van der Waals surface area contributed by atoms with E-state index in [1.807, 2.05) is 31.2 Å². The van der Waals surface area contributed by atoms with E-state index < -0.39 is 6.04 Å². The first-order chi connectivity index (χ1) is 9.52. The van der Waals surface area contributed by atoms with Gasteiger partial charge in [0.25, 0.3) is 0 Å². The van der Waals surface area contributed by atoms with Crippen LogP contribution in [0.5, 0.6) is 5.75 Å². The van der Waals surface area contributed by atoms with E-state index in [0.29, 0.717) is 0 Å². The van der Waals surface area contributed by atoms with Crippen molar-refractivity contribution in [3.63, 3.8) is 0 Å². The molecule has 112 valence electrons. The highest BCUT2D eigenvalue weighted by Crippen LogP contribution is 2.28. The number of likely N-dealkylation sites (N-methyl/N-ethyl adjacent to an activating group) is 1. The largest absolute Gasteiger partial charge is 0.496 e. The molecule has 0 fully saturated rings. The van der Waals surface area contributed by atoms with Crippen LogP contribution in [0.4, 0.5) is 0 Å². The highest BCUT2D eigenvalue weighted by molar-refractivity contribution is 5.81. The second kappa shape index (κ2) is 7.90. The number of hydrogen-bond donors (Lipinski definition) is 1. The van der Waals surface area contributed by atoms with Gasteiger partial charge < -0.3 is 15.4 Å². The second-order valence-corrected chi connectivity index (χ2v) is 5.12. The molecule has 2 atom stereocenters. The van der Waals surface area contributed by atoms with Crippen LogP contribution in [-0.4, -0.2) is 31.0 Å². The lowest BCUT2D eigenvalue weighted by Crippen LogP contribution is -2.42. The zero-order valence-electron chi connectivity index (χ0n) is 12.9. The number of para-hydroxylation sites is 1. The van der Waals surface area contributed by atoms with Crippen LogP contribution in [0, 0.1) is 0 Å². The van der Waals surface area contributed by atoms with Gasteiger partial charge in [-0.15, -0.1) is 0 Å². The van der Waals surface area contributed by atoms with Crippen molar-refractivity contribution in [3.05, 3.63) is 29.8 Å². The molecule has 0 bridgehead atoms. The normalized spacial score (nSPS) is 13.7. The monoisotopic (exact) mass is 278 g/mol. The quantitative estimate of drug-likeness (QED) is 0.834. The molecule has 1 aromatic carbocycles. The molecule has 4 nitrogen and oxygen atoms in total. The Labute approximate surface area is 121 Å². The van der Waals surface area contributed by atoms with Gasteiger partial charge in [-0.05, 0) is 19.4 Å². The van der Waals surface area contributed by atoms with Crippen molar-refractivity contribution in [2.24, 2.45) is 5.73 Å². The van der Waals surface area contributed by atoms with Crippen molar-refractivity contribution in [3.8, 4) is 5.75 Å². The molecule has 0 spiro atoms. The second-order valence-electron chi connectivity index (χ2n) is 5.12. The Balaban J connectivity index is 2.80. The van der Waals surface area contributed by atoms with Crippen LogP contribution >= 0.6 is 0 Å². The van der Waals surface area contributed by atoms with Crippen molar-refractivity contribution in [1.29, 1.82) is 0 Å². The fourth-order valence-corrected chi connectivity index (χ4v) is 2.22. The molecule has 0 aromatic heterocycles. The third kappa shape index (κ3) is 3.97. The first kappa shape index (κ1) is 16.5. The number of hydrogen-bond acceptors (Lipinski definition) is 3. The summed E-state index contributed by atoms with van der Waals surface area (Å²) in [6.45, 7) is 4.08. The minimum atomic E-state index is -0.419. The van der Waals surface area contributed by atoms with Crippen LogP contribution in [0.15, 0.2) is 24.3 Å². The maximum absolute atomic E-state index is 12.3. The van der Waals surface area contributed by atoms with E-state index in [-0.39, 0.29) is 11.9 Å². The Morgan fingerprint density at radius 2 is 2.05 bits per heavy atom. The lowest BCUT2D eigenvalue weighted by Gasteiger charge is -2.28. The van der Waals surface area contributed by atoms with Crippen LogP contribution in [0.1, 0.15) is 44.7 Å². The van der Waals surface area contributed by atoms with E-state index in [4.69, 9.17) is 10.5 Å². The maximum atomic E-state index is 12.3. The Morgan fingerprint density at radius 3 is 2.65 bits per heavy atom. The van der Waals surface area contributed by atoms with Gasteiger partial charge in [0.2, 0.25) is 5.91 Å². The number of rotatable bonds is 7. The first-order valence-electron chi connectivity index (χ1n) is 7.18. The highest BCUT2D eigenvalue weighted by Gasteiger charge is 2.24. The van der Waals surface area contributed by atoms with Gasteiger partial charge in [0.05, 0.1) is 19.2 Å². The van der Waals surface area contributed by atoms with Gasteiger partial charge in [0.15, 0.2) is 0 Å². The lowest BCUT2D eigenvalue weighted by molar-refractivity contribution is -0.133. The molecule has 0 aliphatic rings. The molecule has 20 heavy (non-hydrogen) atoms. The molecule has 0 saturated heterocycles. The van der Waals surface area contributed by atoms with Crippen LogP contribution in [0.2, 0.25) is 0 Å². The van der Waals surface area contributed by atoms with Crippen molar-refractivity contribution in [2.45, 2.75) is 45.2 Å². The average Bonchev–Trinajstić information content (AvgIpc) is 2.50. The van der Waals surface area contributed by atoms with Gasteiger partial charge in [-0.2, -0.15) is 0 Å². The first-order valence-corrected chi connectivity index (χ1v) is 7.18. The third-order valence-electron chi connectivity index (χ3n) is 3.70. The third-order valence-corrected chi connectivity index (χ3v) is 3.70. The Morgan fingerprint density at radius 1 is 1.40 bits per heavy atom. The molecule has 0 saturated carbocycles. The van der Waals surface area contributed by atoms with E-state index in [2.05, 4.69) is 6.92 Å². The van der Waals surface area contributed by atoms with Gasteiger partial charge in [-0.3, -0.25) is 4.79 Å². The molecular formula is C16H26N2O2. The van der Waals surface area contributed by atoms with Crippen molar-refractivity contribution in [1.82, 2.24) is 4.90 Å². The number of carbonyl (C=O) groups is 1. The van der Waals surface area contributed by atoms with Gasteiger partial charge in [0.1, 0.15) is 5.75 Å². The Kier molecular flexibility index (Phi) is 6.52. The number of ether oxygens (including phenoxy) is 1. The Bertz CT molecular complexity index is 434. The maximum Gasteiger partial charge on any atom is 0.239 e. The summed E-state index contributed by atoms with van der Waals surface area (Å²) in [7, 11) is 3.44. The van der Waals surface area contributed by atoms with Crippen LogP contribution in [0.3, 0.4) is 0 Å². The standard InChI is InChI=1S/C16H26N2O2/c1-5-6-10-14(17)16(19)18(3)12(2)13-9-7-8-11-15(13)20-4/h7-9,11-12,14H,5-6,10,17H2,1-4H3. The van der Waals surface area contributed by atoms with Gasteiger partial charge >= 0.3 is 0 Å². The fourth-order valence-electron chi connectivity index (χ4n) is 2.22. The predicted molar refractivity (Wildman–Crippen MR) is 81.7 cm³/mol. The summed E-state index contributed by atoms with van der Waals surface area (Å²) in [6, 6.07) is 7.27. The summed E-state index contributed by atoms with van der Waals surface area (Å²) < 4.78 is 5.35. The molecule has 0 aliphatic heterocycles. The minimum Gasteiger partial charge on any atom is -0.496 e. The zero-order valence-corrected chi connectivity index (χ0v) is 12.9. The number of carbonyl (C=O) groups excluding carboxylic acids is 1. The molecule has 2 unspecified atom stereocenters. The van der Waals surface area contributed by atoms with Crippen molar-refractivity contribution >= 4 is 5.91 Å². The number of benzene rings is 1. The summed E-state index contributed by atoms with van der Waals surface area (Å²) in [4.78, 5) is 14.0. The summed E-state index contributed by atoms with van der Waals surface area (Å²) in [5, 5.41) is 0. The summed E-state index contributed by atoms with van der Waals surface area (Å²) in [5.74, 6) is 0.777. The number of amides is 1. The number of unbranched alkanes of at least 4 members (excludes halogenated alkanes) is 1. The number of nitrogens with two attached hydrogens (primary N) is 1. The zero-order chi connectivity index (χ0) is 15.1. The smallest absolute Gasteiger partial charge is 0.239 e. The van der Waals surface area contributed by atoms with E-state index in [1.165, 1.54) is 0 Å². The summed E-state index contributed by atoms with van der Waals surface area (Å²) in [6.07, 6.45) is 2.76. The van der Waals surface area contributed by atoms with Crippen LogP contribution < -0.4 is 10.5 Å². The SMILES string of the molecule is CCCCC(N)C(=O)N(C)C(C)c1ccccc1OC. The Hall–Kier alpha value is -1.55. The molecule has 4 heteroatoms. The molecule has 1 aromatic rings. The van der Waals surface area contributed by atoms with Gasteiger partial charge in [-0.25, -0.2) is 0 Å². The molecule has 0 radical (unpaired) electrons. The molecular weight excluding hydrogens is 252 g/mol. The molecule has 2 N–H and O–H groups in total. The van der Waals surface area contributed by atoms with Gasteiger partial charge in [-0.1, -0.05) is 38.0 Å². The summed E-state index contributed by atoms with van der Waals surface area (Å²) >= 11 is 0. The molecule has 1 rings (SSSR count). The molecule has 0 aliphatic carbocycles. The van der Waals surface area contributed by atoms with E-state index in [9.17, 15) is 4.79 Å². The lowest BCUT2D eigenvalue weighted by atomic mass is 10.0. The van der Waals surface area contributed by atoms with E-state index >= 15 is 0 Å². The topological polar surface area (TPSA) is 55.6 Å². The van der Waals surface area contributed by atoms with E-state index in [0.717, 1.165) is 30.6 Å². The predicted octanol–water partition coefficient (Wildman–Crippen LogP) is 2.73.